The molecule has 10 nitrogen and oxygen atoms in total. The first kappa shape index (κ1) is 30.9. The predicted octanol–water partition coefficient (Wildman–Crippen LogP) is 3.80. The van der Waals surface area contributed by atoms with Gasteiger partial charge in [-0.1, -0.05) is 0 Å². The number of halogens is 3. The quantitative estimate of drug-likeness (QED) is 0.358. The van der Waals surface area contributed by atoms with Crippen LogP contribution in [0, 0.1) is 17.1 Å². The molecular weight excluding hydrogens is 577 g/mol. The van der Waals surface area contributed by atoms with Crippen LogP contribution >= 0.6 is 0 Å². The largest absolute Gasteiger partial charge is 0.380 e. The van der Waals surface area contributed by atoms with Crippen molar-refractivity contribution in [3.63, 3.8) is 0 Å². The maximum absolute atomic E-state index is 15.6. The van der Waals surface area contributed by atoms with E-state index in [0.717, 1.165) is 23.8 Å². The van der Waals surface area contributed by atoms with Crippen molar-refractivity contribution < 1.29 is 27.5 Å². The number of alkyl halides is 2. The van der Waals surface area contributed by atoms with Gasteiger partial charge in [0.05, 0.1) is 36.4 Å². The summed E-state index contributed by atoms with van der Waals surface area (Å²) in [5.74, 6) is -5.46. The summed E-state index contributed by atoms with van der Waals surface area (Å²) in [5.41, 5.74) is 0.131. The number of carbonyl (C=O) groups is 2. The molecule has 1 saturated carbocycles. The van der Waals surface area contributed by atoms with E-state index in [-0.39, 0.29) is 45.7 Å². The van der Waals surface area contributed by atoms with Gasteiger partial charge in [0, 0.05) is 50.6 Å². The van der Waals surface area contributed by atoms with Crippen molar-refractivity contribution in [2.75, 3.05) is 32.1 Å². The van der Waals surface area contributed by atoms with Gasteiger partial charge in [0.2, 0.25) is 0 Å². The molecule has 5 rings (SSSR count). The molecule has 0 spiro atoms. The van der Waals surface area contributed by atoms with E-state index >= 15 is 4.39 Å². The van der Waals surface area contributed by atoms with E-state index in [1.807, 2.05) is 6.92 Å². The van der Waals surface area contributed by atoms with Crippen LogP contribution in [-0.2, 0) is 18.3 Å². The van der Waals surface area contributed by atoms with Gasteiger partial charge in [-0.05, 0) is 61.2 Å². The zero-order valence-corrected chi connectivity index (χ0v) is 24.4. The summed E-state index contributed by atoms with van der Waals surface area (Å²) < 4.78 is 49.2. The summed E-state index contributed by atoms with van der Waals surface area (Å²) in [7, 11) is 3.13. The first-order chi connectivity index (χ1) is 20.9. The lowest BCUT2D eigenvalue weighted by atomic mass is 9.94. The Morgan fingerprint density at radius 2 is 1.91 bits per heavy atom. The third-order valence-corrected chi connectivity index (χ3v) is 7.60. The number of aryl methyl sites for hydroxylation is 1. The van der Waals surface area contributed by atoms with E-state index in [2.05, 4.69) is 15.6 Å². The van der Waals surface area contributed by atoms with Crippen LogP contribution in [0.2, 0.25) is 0 Å². The highest BCUT2D eigenvalue weighted by Crippen LogP contribution is 2.42. The molecule has 1 saturated heterocycles. The molecular formula is C31H31F3N6O4. The van der Waals surface area contributed by atoms with Gasteiger partial charge >= 0.3 is 0 Å². The zero-order valence-electron chi connectivity index (χ0n) is 24.4. The third kappa shape index (κ3) is 6.66. The number of carbonyl (C=O) groups excluding carboxylic acids is 2. The van der Waals surface area contributed by atoms with Crippen molar-refractivity contribution >= 4 is 17.6 Å². The van der Waals surface area contributed by atoms with Crippen molar-refractivity contribution in [1.82, 2.24) is 19.8 Å². The Bertz CT molecular complexity index is 1720. The van der Waals surface area contributed by atoms with E-state index in [9.17, 15) is 28.4 Å². The summed E-state index contributed by atoms with van der Waals surface area (Å²) in [6, 6.07) is 8.35. The number of nitrogens with one attached hydrogen (secondary N) is 2. The second-order valence-electron chi connectivity index (χ2n) is 11.3. The van der Waals surface area contributed by atoms with Crippen molar-refractivity contribution in [2.24, 2.45) is 7.05 Å². The number of likely N-dealkylation sites (tertiary alicyclic amines) is 1. The SMILES string of the molecule is CO[C@@H](C)CNCc1cc(C(=O)Nc2cc(-c3c(F)cc(C#N)cc3C(=O)N3CC(F)(F)C3)cc(C3CC3)n2)c(=O)n(C)c1. The summed E-state index contributed by atoms with van der Waals surface area (Å²) >= 11 is 0. The number of methoxy groups -OCH3 is 1. The molecule has 230 valence electrons. The standard InChI is InChI=1S/C31H31F3N6O4/c1-17(44-3)12-36-13-19-7-23(29(42)39(2)14-19)28(41)38-26-10-21(9-25(37-26)20-4-5-20)27-22(6-18(11-35)8-24(27)32)30(43)40-15-31(33,34)16-40/h6-10,14,17,20,36H,4-5,12-13,15-16H2,1-3H3,(H,37,38,41)/t17-/m0/s1. The van der Waals surface area contributed by atoms with E-state index in [1.165, 1.54) is 29.8 Å². The molecule has 0 bridgehead atoms. The molecule has 2 amide bonds. The lowest BCUT2D eigenvalue weighted by Gasteiger charge is -2.39. The Morgan fingerprint density at radius 1 is 1.18 bits per heavy atom. The highest BCUT2D eigenvalue weighted by atomic mass is 19.3. The Labute approximate surface area is 251 Å². The predicted molar refractivity (Wildman–Crippen MR) is 155 cm³/mol. The smallest absolute Gasteiger partial charge is 0.282 e. The molecule has 1 aromatic carbocycles. The minimum Gasteiger partial charge on any atom is -0.380 e. The van der Waals surface area contributed by atoms with E-state index in [1.54, 1.807) is 25.4 Å². The molecule has 1 aliphatic carbocycles. The Balaban J connectivity index is 1.49. The number of anilines is 1. The van der Waals surface area contributed by atoms with Gasteiger partial charge < -0.3 is 24.8 Å². The number of aromatic nitrogens is 2. The van der Waals surface area contributed by atoms with Crippen LogP contribution in [0.25, 0.3) is 11.1 Å². The molecule has 44 heavy (non-hydrogen) atoms. The van der Waals surface area contributed by atoms with Gasteiger partial charge in [-0.3, -0.25) is 14.4 Å². The fourth-order valence-corrected chi connectivity index (χ4v) is 5.04. The number of pyridine rings is 2. The van der Waals surface area contributed by atoms with Gasteiger partial charge in [0.15, 0.2) is 0 Å². The summed E-state index contributed by atoms with van der Waals surface area (Å²) in [6.07, 6.45) is 3.21. The molecule has 1 atom stereocenters. The first-order valence-electron chi connectivity index (χ1n) is 14.1. The van der Waals surface area contributed by atoms with Crippen LogP contribution < -0.4 is 16.2 Å². The summed E-state index contributed by atoms with van der Waals surface area (Å²) in [4.78, 5) is 44.9. The van der Waals surface area contributed by atoms with Crippen molar-refractivity contribution in [1.29, 1.82) is 5.26 Å². The van der Waals surface area contributed by atoms with Crippen LogP contribution in [0.1, 0.15) is 63.2 Å². The molecule has 2 aromatic heterocycles. The van der Waals surface area contributed by atoms with Crippen LogP contribution in [0.4, 0.5) is 19.0 Å². The van der Waals surface area contributed by atoms with E-state index in [0.29, 0.717) is 24.3 Å². The van der Waals surface area contributed by atoms with E-state index < -0.39 is 42.2 Å². The van der Waals surface area contributed by atoms with Crippen LogP contribution in [0.3, 0.4) is 0 Å². The molecule has 2 fully saturated rings. The number of benzene rings is 1. The highest BCUT2D eigenvalue weighted by molar-refractivity contribution is 6.05. The van der Waals surface area contributed by atoms with Gasteiger partial charge in [-0.2, -0.15) is 5.26 Å². The lowest BCUT2D eigenvalue weighted by Crippen LogP contribution is -2.58. The topological polar surface area (TPSA) is 129 Å². The fourth-order valence-electron chi connectivity index (χ4n) is 5.04. The van der Waals surface area contributed by atoms with Crippen molar-refractivity contribution in [2.45, 2.75) is 44.3 Å². The third-order valence-electron chi connectivity index (χ3n) is 7.60. The number of amides is 2. The lowest BCUT2D eigenvalue weighted by molar-refractivity contribution is -0.113. The number of nitriles is 1. The molecule has 13 heteroatoms. The second kappa shape index (κ2) is 12.2. The summed E-state index contributed by atoms with van der Waals surface area (Å²) in [5, 5.41) is 15.2. The summed E-state index contributed by atoms with van der Waals surface area (Å²) in [6.45, 7) is 1.19. The molecule has 2 N–H and O–H groups in total. The van der Waals surface area contributed by atoms with Gasteiger partial charge in [-0.15, -0.1) is 0 Å². The number of hydrogen-bond acceptors (Lipinski definition) is 7. The van der Waals surface area contributed by atoms with Gasteiger partial charge in [0.25, 0.3) is 23.3 Å². The number of hydrogen-bond donors (Lipinski definition) is 2. The normalized spacial score (nSPS) is 16.2. The van der Waals surface area contributed by atoms with Crippen LogP contribution in [0.5, 0.6) is 0 Å². The maximum atomic E-state index is 15.6. The highest BCUT2D eigenvalue weighted by Gasteiger charge is 2.47. The Kier molecular flexibility index (Phi) is 8.58. The Morgan fingerprint density at radius 3 is 2.55 bits per heavy atom. The monoisotopic (exact) mass is 608 g/mol. The maximum Gasteiger partial charge on any atom is 0.282 e. The minimum absolute atomic E-state index is 0.0199. The second-order valence-corrected chi connectivity index (χ2v) is 11.3. The van der Waals surface area contributed by atoms with Crippen LogP contribution in [0.15, 0.2) is 41.3 Å². The average molecular weight is 609 g/mol. The van der Waals surface area contributed by atoms with Gasteiger partial charge in [-0.25, -0.2) is 18.2 Å². The molecule has 1 aliphatic heterocycles. The number of ether oxygens (including phenoxy) is 1. The minimum atomic E-state index is -3.04. The van der Waals surface area contributed by atoms with Crippen LogP contribution in [-0.4, -0.2) is 65.0 Å². The molecule has 3 aromatic rings. The average Bonchev–Trinajstić information content (AvgIpc) is 3.82. The zero-order chi connectivity index (χ0) is 31.8. The van der Waals surface area contributed by atoms with Gasteiger partial charge in [0.1, 0.15) is 17.2 Å². The van der Waals surface area contributed by atoms with E-state index in [4.69, 9.17) is 4.74 Å². The first-order valence-corrected chi connectivity index (χ1v) is 14.1. The number of rotatable bonds is 10. The van der Waals surface area contributed by atoms with Crippen molar-refractivity contribution in [3.05, 3.63) is 80.6 Å². The fraction of sp³-hybridized carbons (Fsp3) is 0.387. The number of nitrogens with zero attached hydrogens (tertiary/aromatic N) is 4. The molecule has 0 unspecified atom stereocenters. The van der Waals surface area contributed by atoms with Crippen molar-refractivity contribution in [3.8, 4) is 17.2 Å². The molecule has 3 heterocycles. The molecule has 0 radical (unpaired) electrons. The molecule has 2 aliphatic rings. The Hall–Kier alpha value is -4.54.